The Hall–Kier alpha value is -3.38. The number of aromatic nitrogens is 3. The van der Waals surface area contributed by atoms with E-state index in [9.17, 15) is 0 Å². The molecule has 32 heavy (non-hydrogen) atoms. The summed E-state index contributed by atoms with van der Waals surface area (Å²) in [6, 6.07) is 19.8. The van der Waals surface area contributed by atoms with Gasteiger partial charge in [-0.1, -0.05) is 18.2 Å². The van der Waals surface area contributed by atoms with Crippen LogP contribution in [0.5, 0.6) is 11.5 Å². The molecule has 2 N–H and O–H groups in total. The molecule has 0 unspecified atom stereocenters. The van der Waals surface area contributed by atoms with E-state index >= 15 is 0 Å². The third-order valence-electron chi connectivity index (χ3n) is 6.95. The molecule has 6 heteroatoms. The molecule has 2 aliphatic rings. The lowest BCUT2D eigenvalue weighted by atomic mass is 9.68. The van der Waals surface area contributed by atoms with Gasteiger partial charge in [-0.2, -0.15) is 0 Å². The van der Waals surface area contributed by atoms with Gasteiger partial charge in [0.2, 0.25) is 5.95 Å². The Morgan fingerprint density at radius 1 is 0.938 bits per heavy atom. The smallest absolute Gasteiger partial charge is 0.206 e. The number of para-hydroxylation sites is 1. The first-order valence-corrected chi connectivity index (χ1v) is 11.2. The van der Waals surface area contributed by atoms with Crippen molar-refractivity contribution in [3.63, 3.8) is 0 Å². The Bertz CT molecular complexity index is 1240. The molecule has 6 nitrogen and oxygen atoms in total. The van der Waals surface area contributed by atoms with Gasteiger partial charge < -0.3 is 15.2 Å². The minimum absolute atomic E-state index is 0.421. The second-order valence-corrected chi connectivity index (χ2v) is 9.05. The van der Waals surface area contributed by atoms with Crippen molar-refractivity contribution in [1.82, 2.24) is 14.4 Å². The summed E-state index contributed by atoms with van der Waals surface area (Å²) in [6.07, 6.45) is 6.47. The van der Waals surface area contributed by atoms with Crippen LogP contribution in [0.25, 0.3) is 16.9 Å². The molecule has 1 aliphatic heterocycles. The number of fused-ring (bicyclic) bond motifs is 1. The molecule has 162 valence electrons. The first-order chi connectivity index (χ1) is 15.7. The Morgan fingerprint density at radius 2 is 1.66 bits per heavy atom. The number of nitrogen functional groups attached to an aromatic ring is 1. The fourth-order valence-electron chi connectivity index (χ4n) is 5.06. The SMILES string of the molecule is Nc1nccc2c(C3CCC4(CC3)COC4)nc(-c3ccc(Oc4ccccc4)cc3)n12. The van der Waals surface area contributed by atoms with Crippen LogP contribution in [0, 0.1) is 5.41 Å². The van der Waals surface area contributed by atoms with E-state index in [0.717, 1.165) is 60.2 Å². The molecule has 4 aromatic rings. The maximum atomic E-state index is 6.31. The van der Waals surface area contributed by atoms with Crippen LogP contribution in [0.2, 0.25) is 0 Å². The molecule has 2 aromatic carbocycles. The van der Waals surface area contributed by atoms with E-state index < -0.39 is 0 Å². The lowest BCUT2D eigenvalue weighted by Gasteiger charge is -2.46. The zero-order valence-corrected chi connectivity index (χ0v) is 17.9. The molecule has 1 spiro atoms. The molecule has 0 amide bonds. The molecule has 0 radical (unpaired) electrons. The topological polar surface area (TPSA) is 74.7 Å². The first kappa shape index (κ1) is 19.3. The summed E-state index contributed by atoms with van der Waals surface area (Å²) in [5, 5.41) is 0. The van der Waals surface area contributed by atoms with E-state index in [1.807, 2.05) is 65.1 Å². The van der Waals surface area contributed by atoms with Gasteiger partial charge in [0.1, 0.15) is 17.3 Å². The Balaban J connectivity index is 1.33. The van der Waals surface area contributed by atoms with E-state index in [2.05, 4.69) is 4.98 Å². The number of anilines is 1. The minimum Gasteiger partial charge on any atom is -0.457 e. The number of imidazole rings is 1. The lowest BCUT2D eigenvalue weighted by molar-refractivity contribution is -0.132. The number of ether oxygens (including phenoxy) is 2. The normalized spacial score (nSPS) is 18.0. The quantitative estimate of drug-likeness (QED) is 0.470. The monoisotopic (exact) mass is 426 g/mol. The third-order valence-corrected chi connectivity index (χ3v) is 6.95. The predicted octanol–water partition coefficient (Wildman–Crippen LogP) is 5.45. The fourth-order valence-corrected chi connectivity index (χ4v) is 5.06. The van der Waals surface area contributed by atoms with Crippen molar-refractivity contribution in [3.8, 4) is 22.9 Å². The highest BCUT2D eigenvalue weighted by Crippen LogP contribution is 2.48. The lowest BCUT2D eigenvalue weighted by Crippen LogP contribution is -2.44. The van der Waals surface area contributed by atoms with Gasteiger partial charge in [0.15, 0.2) is 0 Å². The Morgan fingerprint density at radius 3 is 2.34 bits per heavy atom. The molecule has 0 bridgehead atoms. The summed E-state index contributed by atoms with van der Waals surface area (Å²) >= 11 is 0. The summed E-state index contributed by atoms with van der Waals surface area (Å²) in [5.41, 5.74) is 9.92. The highest BCUT2D eigenvalue weighted by molar-refractivity contribution is 5.69. The van der Waals surface area contributed by atoms with Crippen molar-refractivity contribution in [2.24, 2.45) is 5.41 Å². The average Bonchev–Trinajstić information content (AvgIpc) is 3.20. The summed E-state index contributed by atoms with van der Waals surface area (Å²) < 4.78 is 13.4. The maximum absolute atomic E-state index is 6.31. The molecule has 3 heterocycles. The van der Waals surface area contributed by atoms with E-state index in [0.29, 0.717) is 17.3 Å². The van der Waals surface area contributed by atoms with Gasteiger partial charge in [-0.15, -0.1) is 0 Å². The summed E-state index contributed by atoms with van der Waals surface area (Å²) in [5.74, 6) is 3.33. The minimum atomic E-state index is 0.421. The number of rotatable bonds is 4. The Kier molecular flexibility index (Phi) is 4.61. The summed E-state index contributed by atoms with van der Waals surface area (Å²) in [7, 11) is 0. The molecule has 2 aromatic heterocycles. The van der Waals surface area contributed by atoms with Gasteiger partial charge in [0.05, 0.1) is 24.4 Å². The average molecular weight is 427 g/mol. The second-order valence-electron chi connectivity index (χ2n) is 9.05. The van der Waals surface area contributed by atoms with E-state index in [1.54, 1.807) is 6.20 Å². The van der Waals surface area contributed by atoms with Crippen LogP contribution in [0.3, 0.4) is 0 Å². The van der Waals surface area contributed by atoms with Crippen LogP contribution in [0.15, 0.2) is 66.9 Å². The number of benzene rings is 2. The Labute approximate surface area is 187 Å². The van der Waals surface area contributed by atoms with Crippen molar-refractivity contribution in [3.05, 3.63) is 72.6 Å². The number of hydrogen-bond donors (Lipinski definition) is 1. The number of hydrogen-bond acceptors (Lipinski definition) is 5. The van der Waals surface area contributed by atoms with E-state index in [1.165, 1.54) is 12.8 Å². The van der Waals surface area contributed by atoms with Gasteiger partial charge in [0.25, 0.3) is 0 Å². The molecule has 1 saturated carbocycles. The molecule has 1 saturated heterocycles. The van der Waals surface area contributed by atoms with Crippen LogP contribution < -0.4 is 10.5 Å². The van der Waals surface area contributed by atoms with Crippen molar-refractivity contribution >= 4 is 11.5 Å². The van der Waals surface area contributed by atoms with Crippen LogP contribution in [-0.4, -0.2) is 27.6 Å². The second kappa shape index (κ2) is 7.64. The summed E-state index contributed by atoms with van der Waals surface area (Å²) in [6.45, 7) is 1.84. The molecular formula is C26H26N4O2. The molecule has 2 fully saturated rings. The van der Waals surface area contributed by atoms with Crippen LogP contribution in [0.4, 0.5) is 5.95 Å². The van der Waals surface area contributed by atoms with Crippen LogP contribution in [-0.2, 0) is 4.74 Å². The van der Waals surface area contributed by atoms with Crippen LogP contribution in [0.1, 0.15) is 37.3 Å². The molecular weight excluding hydrogens is 400 g/mol. The van der Waals surface area contributed by atoms with E-state index in [-0.39, 0.29) is 0 Å². The van der Waals surface area contributed by atoms with Gasteiger partial charge in [-0.05, 0) is 68.1 Å². The van der Waals surface area contributed by atoms with Gasteiger partial charge in [0, 0.05) is 23.1 Å². The maximum Gasteiger partial charge on any atom is 0.206 e. The van der Waals surface area contributed by atoms with Gasteiger partial charge in [-0.25, -0.2) is 9.97 Å². The number of nitrogens with zero attached hydrogens (tertiary/aromatic N) is 3. The third kappa shape index (κ3) is 3.31. The van der Waals surface area contributed by atoms with Gasteiger partial charge in [-0.3, -0.25) is 4.40 Å². The molecule has 1 aliphatic carbocycles. The molecule has 6 rings (SSSR count). The molecule has 0 atom stereocenters. The highest BCUT2D eigenvalue weighted by atomic mass is 16.5. The largest absolute Gasteiger partial charge is 0.457 e. The van der Waals surface area contributed by atoms with Crippen molar-refractivity contribution < 1.29 is 9.47 Å². The van der Waals surface area contributed by atoms with Crippen molar-refractivity contribution in [2.75, 3.05) is 18.9 Å². The predicted molar refractivity (Wildman–Crippen MR) is 124 cm³/mol. The summed E-state index contributed by atoms with van der Waals surface area (Å²) in [4.78, 5) is 9.45. The zero-order chi connectivity index (χ0) is 21.5. The van der Waals surface area contributed by atoms with Crippen molar-refractivity contribution in [2.45, 2.75) is 31.6 Å². The number of nitrogens with two attached hydrogens (primary N) is 1. The first-order valence-electron chi connectivity index (χ1n) is 11.2. The fraction of sp³-hybridized carbons (Fsp3) is 0.308. The zero-order valence-electron chi connectivity index (χ0n) is 17.9. The van der Waals surface area contributed by atoms with Crippen LogP contribution >= 0.6 is 0 Å². The highest BCUT2D eigenvalue weighted by Gasteiger charge is 2.42. The standard InChI is InChI=1S/C26H26N4O2/c27-25-28-15-12-22-23(18-10-13-26(14-11-18)16-31-17-26)29-24(30(22)25)19-6-8-21(9-7-19)32-20-4-2-1-3-5-20/h1-9,12,15,18H,10-11,13-14,16-17H2,(H2,27,28). The van der Waals surface area contributed by atoms with E-state index in [4.69, 9.17) is 20.2 Å². The van der Waals surface area contributed by atoms with Crippen molar-refractivity contribution in [1.29, 1.82) is 0 Å². The van der Waals surface area contributed by atoms with Gasteiger partial charge >= 0.3 is 0 Å².